The van der Waals surface area contributed by atoms with Gasteiger partial charge in [0.1, 0.15) is 5.82 Å². The van der Waals surface area contributed by atoms with E-state index in [0.29, 0.717) is 24.2 Å². The third-order valence-electron chi connectivity index (χ3n) is 2.30. The van der Waals surface area contributed by atoms with Gasteiger partial charge in [0.2, 0.25) is 0 Å². The van der Waals surface area contributed by atoms with Gasteiger partial charge in [-0.2, -0.15) is 0 Å². The molecule has 0 fully saturated rings. The number of carbonyl (C=O) groups excluding carboxylic acids is 1. The lowest BCUT2D eigenvalue weighted by Crippen LogP contribution is -2.30. The molecular formula is C12H15BrFNO2. The molecule has 0 spiro atoms. The molecule has 3 nitrogen and oxygen atoms in total. The molecule has 0 saturated carbocycles. The standard InChI is InChI=1S/C12H15BrFNO2/c1-3-17-8-7-15(2)12(16)9-5-4-6-10(13)11(9)14/h4-6H,3,7-8H2,1-2H3. The van der Waals surface area contributed by atoms with Crippen molar-refractivity contribution in [1.82, 2.24) is 4.90 Å². The molecule has 1 aromatic carbocycles. The van der Waals surface area contributed by atoms with Crippen LogP contribution in [-0.2, 0) is 4.74 Å². The second-order valence-electron chi connectivity index (χ2n) is 3.53. The van der Waals surface area contributed by atoms with E-state index in [4.69, 9.17) is 4.74 Å². The summed E-state index contributed by atoms with van der Waals surface area (Å²) in [5, 5.41) is 0. The topological polar surface area (TPSA) is 29.5 Å². The molecule has 0 unspecified atom stereocenters. The Kier molecular flexibility index (Phi) is 5.58. The number of nitrogens with zero attached hydrogens (tertiary/aromatic N) is 1. The van der Waals surface area contributed by atoms with E-state index in [2.05, 4.69) is 15.9 Å². The average molecular weight is 304 g/mol. The zero-order chi connectivity index (χ0) is 12.8. The van der Waals surface area contributed by atoms with E-state index >= 15 is 0 Å². The van der Waals surface area contributed by atoms with Crippen molar-refractivity contribution in [2.45, 2.75) is 6.92 Å². The van der Waals surface area contributed by atoms with Crippen LogP contribution in [0.5, 0.6) is 0 Å². The monoisotopic (exact) mass is 303 g/mol. The molecule has 0 aliphatic rings. The highest BCUT2D eigenvalue weighted by atomic mass is 79.9. The Hall–Kier alpha value is -0.940. The molecule has 0 aromatic heterocycles. The molecular weight excluding hydrogens is 289 g/mol. The van der Waals surface area contributed by atoms with Gasteiger partial charge in [0.25, 0.3) is 5.91 Å². The molecule has 0 radical (unpaired) electrons. The maximum absolute atomic E-state index is 13.7. The lowest BCUT2D eigenvalue weighted by Gasteiger charge is -2.17. The van der Waals surface area contributed by atoms with Gasteiger partial charge in [-0.05, 0) is 35.0 Å². The number of carbonyl (C=O) groups is 1. The van der Waals surface area contributed by atoms with E-state index in [1.165, 1.54) is 11.0 Å². The van der Waals surface area contributed by atoms with Crippen LogP contribution in [0.2, 0.25) is 0 Å². The fraction of sp³-hybridized carbons (Fsp3) is 0.417. The SMILES string of the molecule is CCOCCN(C)C(=O)c1cccc(Br)c1F. The van der Waals surface area contributed by atoms with Crippen molar-refractivity contribution in [2.75, 3.05) is 26.8 Å². The Balaban J connectivity index is 2.71. The van der Waals surface area contributed by atoms with Gasteiger partial charge in [-0.15, -0.1) is 0 Å². The number of amides is 1. The van der Waals surface area contributed by atoms with Gasteiger partial charge in [-0.3, -0.25) is 4.79 Å². The number of halogens is 2. The number of hydrogen-bond acceptors (Lipinski definition) is 2. The minimum atomic E-state index is -0.527. The van der Waals surface area contributed by atoms with Crippen LogP contribution < -0.4 is 0 Å². The summed E-state index contributed by atoms with van der Waals surface area (Å²) in [6, 6.07) is 4.67. The van der Waals surface area contributed by atoms with Gasteiger partial charge < -0.3 is 9.64 Å². The number of ether oxygens (including phenoxy) is 1. The molecule has 5 heteroatoms. The lowest BCUT2D eigenvalue weighted by molar-refractivity contribution is 0.0705. The molecule has 1 amide bonds. The third kappa shape index (κ3) is 3.78. The highest BCUT2D eigenvalue weighted by molar-refractivity contribution is 9.10. The van der Waals surface area contributed by atoms with Crippen LogP contribution in [0.15, 0.2) is 22.7 Å². The van der Waals surface area contributed by atoms with Gasteiger partial charge in [0.15, 0.2) is 0 Å². The quantitative estimate of drug-likeness (QED) is 0.783. The minimum absolute atomic E-state index is 0.0679. The molecule has 0 heterocycles. The Bertz CT molecular complexity index is 398. The lowest BCUT2D eigenvalue weighted by atomic mass is 10.2. The molecule has 0 aliphatic heterocycles. The Labute approximate surface area is 109 Å². The first kappa shape index (κ1) is 14.1. The zero-order valence-corrected chi connectivity index (χ0v) is 11.5. The van der Waals surface area contributed by atoms with Crippen molar-refractivity contribution in [3.05, 3.63) is 34.1 Å². The summed E-state index contributed by atoms with van der Waals surface area (Å²) in [6.07, 6.45) is 0. The fourth-order valence-electron chi connectivity index (χ4n) is 1.32. The van der Waals surface area contributed by atoms with Gasteiger partial charge in [-0.25, -0.2) is 4.39 Å². The predicted molar refractivity (Wildman–Crippen MR) is 67.6 cm³/mol. The number of rotatable bonds is 5. The van der Waals surface area contributed by atoms with E-state index < -0.39 is 5.82 Å². The van der Waals surface area contributed by atoms with Crippen molar-refractivity contribution >= 4 is 21.8 Å². The van der Waals surface area contributed by atoms with Crippen molar-refractivity contribution in [3.63, 3.8) is 0 Å². The van der Waals surface area contributed by atoms with Crippen LogP contribution in [0.4, 0.5) is 4.39 Å². The minimum Gasteiger partial charge on any atom is -0.380 e. The first-order valence-corrected chi connectivity index (χ1v) is 6.14. The first-order valence-electron chi connectivity index (χ1n) is 5.35. The second kappa shape index (κ2) is 6.71. The van der Waals surface area contributed by atoms with E-state index in [0.717, 1.165) is 0 Å². The number of benzene rings is 1. The van der Waals surface area contributed by atoms with Crippen LogP contribution in [0.1, 0.15) is 17.3 Å². The third-order valence-corrected chi connectivity index (χ3v) is 2.92. The molecule has 0 aliphatic carbocycles. The highest BCUT2D eigenvalue weighted by Crippen LogP contribution is 2.19. The van der Waals surface area contributed by atoms with Crippen molar-refractivity contribution in [1.29, 1.82) is 0 Å². The molecule has 1 aromatic rings. The molecule has 94 valence electrons. The van der Waals surface area contributed by atoms with Crippen LogP contribution in [0, 0.1) is 5.82 Å². The van der Waals surface area contributed by atoms with Crippen molar-refractivity contribution in [3.8, 4) is 0 Å². The van der Waals surface area contributed by atoms with E-state index in [1.807, 2.05) is 6.92 Å². The Morgan fingerprint density at radius 1 is 1.53 bits per heavy atom. The summed E-state index contributed by atoms with van der Waals surface area (Å²) in [6.45, 7) is 3.38. The molecule has 17 heavy (non-hydrogen) atoms. The maximum Gasteiger partial charge on any atom is 0.256 e. The normalized spacial score (nSPS) is 10.4. The molecule has 0 bridgehead atoms. The smallest absolute Gasteiger partial charge is 0.256 e. The summed E-state index contributed by atoms with van der Waals surface area (Å²) >= 11 is 3.06. The predicted octanol–water partition coefficient (Wildman–Crippen LogP) is 2.70. The molecule has 1 rings (SSSR count). The summed E-state index contributed by atoms with van der Waals surface area (Å²) in [4.78, 5) is 13.4. The first-order chi connectivity index (χ1) is 8.07. The summed E-state index contributed by atoms with van der Waals surface area (Å²) in [5.41, 5.74) is 0.0679. The van der Waals surface area contributed by atoms with Crippen molar-refractivity contribution < 1.29 is 13.9 Å². The van der Waals surface area contributed by atoms with Crippen LogP contribution in [-0.4, -0.2) is 37.6 Å². The van der Waals surface area contributed by atoms with E-state index in [9.17, 15) is 9.18 Å². The van der Waals surface area contributed by atoms with Gasteiger partial charge >= 0.3 is 0 Å². The maximum atomic E-state index is 13.7. The zero-order valence-electron chi connectivity index (χ0n) is 9.87. The second-order valence-corrected chi connectivity index (χ2v) is 4.38. The summed E-state index contributed by atoms with van der Waals surface area (Å²) in [5.74, 6) is -0.871. The van der Waals surface area contributed by atoms with E-state index in [-0.39, 0.29) is 11.5 Å². The van der Waals surface area contributed by atoms with Gasteiger partial charge in [-0.1, -0.05) is 6.07 Å². The number of hydrogen-bond donors (Lipinski definition) is 0. The average Bonchev–Trinajstić information content (AvgIpc) is 2.32. The van der Waals surface area contributed by atoms with E-state index in [1.54, 1.807) is 19.2 Å². The van der Waals surface area contributed by atoms with Crippen molar-refractivity contribution in [2.24, 2.45) is 0 Å². The Morgan fingerprint density at radius 3 is 2.88 bits per heavy atom. The molecule has 0 N–H and O–H groups in total. The summed E-state index contributed by atoms with van der Waals surface area (Å²) in [7, 11) is 1.63. The largest absolute Gasteiger partial charge is 0.380 e. The van der Waals surface area contributed by atoms with Crippen LogP contribution in [0.25, 0.3) is 0 Å². The fourth-order valence-corrected chi connectivity index (χ4v) is 1.69. The Morgan fingerprint density at radius 2 is 2.24 bits per heavy atom. The van der Waals surface area contributed by atoms with Gasteiger partial charge in [0, 0.05) is 20.2 Å². The summed E-state index contributed by atoms with van der Waals surface area (Å²) < 4.78 is 19.1. The molecule has 0 saturated heterocycles. The van der Waals surface area contributed by atoms with Crippen LogP contribution in [0.3, 0.4) is 0 Å². The van der Waals surface area contributed by atoms with Crippen LogP contribution >= 0.6 is 15.9 Å². The highest BCUT2D eigenvalue weighted by Gasteiger charge is 2.17. The van der Waals surface area contributed by atoms with Gasteiger partial charge in [0.05, 0.1) is 16.6 Å². The molecule has 0 atom stereocenters. The number of likely N-dealkylation sites (N-methyl/N-ethyl adjacent to an activating group) is 1.